The predicted molar refractivity (Wildman–Crippen MR) is 95.8 cm³/mol. The molecule has 136 valence electrons. The van der Waals surface area contributed by atoms with Crippen molar-refractivity contribution >= 4 is 27.5 Å². The summed E-state index contributed by atoms with van der Waals surface area (Å²) in [6.45, 7) is 0.568. The molecule has 0 spiro atoms. The van der Waals surface area contributed by atoms with Crippen molar-refractivity contribution in [2.75, 3.05) is 13.1 Å². The Morgan fingerprint density at radius 3 is 2.80 bits per heavy atom. The molecule has 0 bridgehead atoms. The Labute approximate surface area is 152 Å². The summed E-state index contributed by atoms with van der Waals surface area (Å²) in [6.07, 6.45) is 5.44. The third-order valence-electron chi connectivity index (χ3n) is 3.47. The summed E-state index contributed by atoms with van der Waals surface area (Å²) in [6, 6.07) is 5.97. The molecule has 0 aliphatic carbocycles. The second-order valence-electron chi connectivity index (χ2n) is 5.58. The van der Waals surface area contributed by atoms with E-state index in [-0.39, 0.29) is 23.8 Å². The Hall–Kier alpha value is -1.90. The minimum Gasteiger partial charge on any atom is -0.356 e. The van der Waals surface area contributed by atoms with Crippen molar-refractivity contribution in [1.82, 2.24) is 19.8 Å². The highest BCUT2D eigenvalue weighted by atomic mass is 35.5. The lowest BCUT2D eigenvalue weighted by Crippen LogP contribution is -2.31. The quantitative estimate of drug-likeness (QED) is 0.640. The standard InChI is InChI=1S/C16H21ClN4O3S/c1-21-12-13(11-19-21)4-3-8-18-16(22)7-9-20-25(23,24)15-6-2-5-14(17)10-15/h2,5-6,10-12,20H,3-4,7-9H2,1H3,(H,18,22). The van der Waals surface area contributed by atoms with Crippen molar-refractivity contribution in [3.8, 4) is 0 Å². The van der Waals surface area contributed by atoms with Gasteiger partial charge in [-0.1, -0.05) is 17.7 Å². The first kappa shape index (κ1) is 19.4. The van der Waals surface area contributed by atoms with Gasteiger partial charge in [-0.25, -0.2) is 13.1 Å². The number of amides is 1. The van der Waals surface area contributed by atoms with E-state index in [0.717, 1.165) is 18.4 Å². The van der Waals surface area contributed by atoms with E-state index in [9.17, 15) is 13.2 Å². The average molecular weight is 385 g/mol. The number of hydrogen-bond donors (Lipinski definition) is 2. The monoisotopic (exact) mass is 384 g/mol. The number of hydrogen-bond acceptors (Lipinski definition) is 4. The van der Waals surface area contributed by atoms with Crippen LogP contribution in [-0.4, -0.2) is 37.2 Å². The molecule has 0 atom stereocenters. The Bertz CT molecular complexity index is 820. The largest absolute Gasteiger partial charge is 0.356 e. The highest BCUT2D eigenvalue weighted by molar-refractivity contribution is 7.89. The molecule has 7 nitrogen and oxygen atoms in total. The van der Waals surface area contributed by atoms with Crippen molar-refractivity contribution < 1.29 is 13.2 Å². The van der Waals surface area contributed by atoms with Crippen LogP contribution < -0.4 is 10.0 Å². The van der Waals surface area contributed by atoms with Crippen molar-refractivity contribution in [1.29, 1.82) is 0 Å². The first-order valence-electron chi connectivity index (χ1n) is 7.86. The van der Waals surface area contributed by atoms with E-state index in [1.807, 2.05) is 13.2 Å². The van der Waals surface area contributed by atoms with Crippen LogP contribution in [0.1, 0.15) is 18.4 Å². The maximum atomic E-state index is 12.1. The van der Waals surface area contributed by atoms with E-state index < -0.39 is 10.0 Å². The first-order valence-corrected chi connectivity index (χ1v) is 9.72. The van der Waals surface area contributed by atoms with Gasteiger partial charge in [0.1, 0.15) is 0 Å². The number of aryl methyl sites for hydroxylation is 2. The zero-order chi connectivity index (χ0) is 18.3. The number of halogens is 1. The molecule has 2 rings (SSSR count). The van der Waals surface area contributed by atoms with Crippen LogP contribution in [0.15, 0.2) is 41.6 Å². The summed E-state index contributed by atoms with van der Waals surface area (Å²) in [5.41, 5.74) is 1.12. The van der Waals surface area contributed by atoms with Gasteiger partial charge in [-0.3, -0.25) is 9.48 Å². The molecular weight excluding hydrogens is 364 g/mol. The van der Waals surface area contributed by atoms with E-state index in [1.54, 1.807) is 23.0 Å². The lowest BCUT2D eigenvalue weighted by molar-refractivity contribution is -0.120. The maximum absolute atomic E-state index is 12.1. The van der Waals surface area contributed by atoms with Crippen LogP contribution in [0, 0.1) is 0 Å². The Balaban J connectivity index is 1.66. The van der Waals surface area contributed by atoms with Crippen LogP contribution >= 0.6 is 11.6 Å². The number of carbonyl (C=O) groups excluding carboxylic acids is 1. The number of aromatic nitrogens is 2. The maximum Gasteiger partial charge on any atom is 0.240 e. The van der Waals surface area contributed by atoms with Crippen LogP contribution in [-0.2, 0) is 28.3 Å². The molecule has 0 radical (unpaired) electrons. The zero-order valence-electron chi connectivity index (χ0n) is 13.9. The van der Waals surface area contributed by atoms with E-state index in [2.05, 4.69) is 15.1 Å². The molecule has 0 unspecified atom stereocenters. The summed E-state index contributed by atoms with van der Waals surface area (Å²) in [5.74, 6) is -0.194. The number of sulfonamides is 1. The Morgan fingerprint density at radius 2 is 2.12 bits per heavy atom. The molecule has 2 N–H and O–H groups in total. The van der Waals surface area contributed by atoms with Crippen molar-refractivity contribution in [3.63, 3.8) is 0 Å². The van der Waals surface area contributed by atoms with E-state index >= 15 is 0 Å². The smallest absolute Gasteiger partial charge is 0.240 e. The SMILES string of the molecule is Cn1cc(CCCNC(=O)CCNS(=O)(=O)c2cccc(Cl)c2)cn1. The van der Waals surface area contributed by atoms with Gasteiger partial charge in [0.2, 0.25) is 15.9 Å². The highest BCUT2D eigenvalue weighted by Gasteiger charge is 2.14. The summed E-state index contributed by atoms with van der Waals surface area (Å²) in [4.78, 5) is 11.8. The second kappa shape index (κ2) is 8.98. The van der Waals surface area contributed by atoms with Gasteiger partial charge in [0.25, 0.3) is 0 Å². The topological polar surface area (TPSA) is 93.1 Å². The lowest BCUT2D eigenvalue weighted by Gasteiger charge is -2.08. The summed E-state index contributed by atoms with van der Waals surface area (Å²) < 4.78 is 28.3. The van der Waals surface area contributed by atoms with Gasteiger partial charge in [-0.2, -0.15) is 5.10 Å². The van der Waals surface area contributed by atoms with Crippen molar-refractivity contribution in [2.24, 2.45) is 7.05 Å². The fraction of sp³-hybridized carbons (Fsp3) is 0.375. The van der Waals surface area contributed by atoms with Gasteiger partial charge < -0.3 is 5.32 Å². The molecule has 2 aromatic rings. The zero-order valence-corrected chi connectivity index (χ0v) is 15.5. The second-order valence-corrected chi connectivity index (χ2v) is 7.78. The molecule has 1 heterocycles. The fourth-order valence-corrected chi connectivity index (χ4v) is 3.56. The van der Waals surface area contributed by atoms with Gasteiger partial charge in [-0.15, -0.1) is 0 Å². The van der Waals surface area contributed by atoms with E-state index in [1.165, 1.54) is 12.1 Å². The molecule has 1 amide bonds. The number of nitrogens with zero attached hydrogens (tertiary/aromatic N) is 2. The molecule has 1 aromatic carbocycles. The van der Waals surface area contributed by atoms with E-state index in [0.29, 0.717) is 11.6 Å². The normalized spacial score (nSPS) is 11.4. The summed E-state index contributed by atoms with van der Waals surface area (Å²) >= 11 is 5.79. The summed E-state index contributed by atoms with van der Waals surface area (Å²) in [7, 11) is -1.80. The molecule has 0 aliphatic heterocycles. The molecule has 9 heteroatoms. The minimum atomic E-state index is -3.66. The van der Waals surface area contributed by atoms with Gasteiger partial charge in [0.15, 0.2) is 0 Å². The fourth-order valence-electron chi connectivity index (χ4n) is 2.23. The van der Waals surface area contributed by atoms with Gasteiger partial charge in [0.05, 0.1) is 11.1 Å². The number of carbonyl (C=O) groups is 1. The van der Waals surface area contributed by atoms with Crippen LogP contribution in [0.2, 0.25) is 5.02 Å². The third-order valence-corrected chi connectivity index (χ3v) is 5.17. The van der Waals surface area contributed by atoms with Crippen LogP contribution in [0.4, 0.5) is 0 Å². The molecule has 0 saturated heterocycles. The molecule has 25 heavy (non-hydrogen) atoms. The van der Waals surface area contributed by atoms with Crippen LogP contribution in [0.3, 0.4) is 0 Å². The number of benzene rings is 1. The Morgan fingerprint density at radius 1 is 1.32 bits per heavy atom. The molecule has 0 aliphatic rings. The predicted octanol–water partition coefficient (Wildman–Crippen LogP) is 1.49. The molecular formula is C16H21ClN4O3S. The third kappa shape index (κ3) is 6.49. The lowest BCUT2D eigenvalue weighted by atomic mass is 10.2. The summed E-state index contributed by atoms with van der Waals surface area (Å²) in [5, 5.41) is 7.19. The molecule has 0 fully saturated rings. The number of nitrogens with one attached hydrogen (secondary N) is 2. The van der Waals surface area contributed by atoms with Crippen LogP contribution in [0.5, 0.6) is 0 Å². The molecule has 0 saturated carbocycles. The van der Waals surface area contributed by atoms with Gasteiger partial charge in [-0.05, 0) is 36.6 Å². The first-order chi connectivity index (χ1) is 11.9. The van der Waals surface area contributed by atoms with Gasteiger partial charge in [0, 0.05) is 37.8 Å². The number of rotatable bonds is 9. The van der Waals surface area contributed by atoms with E-state index in [4.69, 9.17) is 11.6 Å². The molecule has 1 aromatic heterocycles. The Kier molecular flexibility index (Phi) is 6.98. The minimum absolute atomic E-state index is 0.0310. The average Bonchev–Trinajstić information content (AvgIpc) is 2.97. The van der Waals surface area contributed by atoms with Gasteiger partial charge >= 0.3 is 0 Å². The van der Waals surface area contributed by atoms with Crippen LogP contribution in [0.25, 0.3) is 0 Å². The van der Waals surface area contributed by atoms with Crippen molar-refractivity contribution in [3.05, 3.63) is 47.2 Å². The van der Waals surface area contributed by atoms with Crippen molar-refractivity contribution in [2.45, 2.75) is 24.2 Å². The highest BCUT2D eigenvalue weighted by Crippen LogP contribution is 2.14.